The second-order valence-electron chi connectivity index (χ2n) is 7.57. The molecule has 10 heteroatoms. The average molecular weight is 473 g/mol. The molecule has 1 saturated heterocycles. The highest BCUT2D eigenvalue weighted by molar-refractivity contribution is 6.43. The summed E-state index contributed by atoms with van der Waals surface area (Å²) in [5, 5.41) is 15.5. The van der Waals surface area contributed by atoms with Crippen LogP contribution in [0.3, 0.4) is 0 Å². The van der Waals surface area contributed by atoms with E-state index in [0.717, 1.165) is 13.1 Å². The molecule has 1 aliphatic rings. The molecule has 1 fully saturated rings. The SMILES string of the molecule is Cc1cccc(N2CCN(c3ncnc(Nc4cccc(Cl)c4Cl)c3[N+](=O)[O-])CC2)c1C. The first kappa shape index (κ1) is 22.1. The standard InChI is InChI=1S/C22H22Cl2N6O2/c1-14-5-3-8-18(15(14)2)28-9-11-29(12-10-28)22-20(30(31)32)21(25-13-26-22)27-17-7-4-6-16(23)19(17)24/h3-8,13H,9-12H2,1-2H3,(H,25,26,27). The molecule has 0 aliphatic carbocycles. The average Bonchev–Trinajstić information content (AvgIpc) is 2.78. The minimum Gasteiger partial charge on any atom is -0.368 e. The Balaban J connectivity index is 1.59. The number of hydrogen-bond donors (Lipinski definition) is 1. The first-order valence-corrected chi connectivity index (χ1v) is 10.9. The van der Waals surface area contributed by atoms with Crippen LogP contribution in [0.15, 0.2) is 42.7 Å². The monoisotopic (exact) mass is 472 g/mol. The van der Waals surface area contributed by atoms with E-state index < -0.39 is 4.92 Å². The normalized spacial score (nSPS) is 13.9. The highest BCUT2D eigenvalue weighted by Gasteiger charge is 2.30. The largest absolute Gasteiger partial charge is 0.368 e. The van der Waals surface area contributed by atoms with Gasteiger partial charge in [0.05, 0.1) is 20.7 Å². The summed E-state index contributed by atoms with van der Waals surface area (Å²) in [5.74, 6) is 0.354. The summed E-state index contributed by atoms with van der Waals surface area (Å²) in [6.07, 6.45) is 1.32. The predicted octanol–water partition coefficient (Wildman–Crippen LogP) is 5.38. The molecule has 0 unspecified atom stereocenters. The van der Waals surface area contributed by atoms with Gasteiger partial charge in [-0.3, -0.25) is 10.1 Å². The lowest BCUT2D eigenvalue weighted by Gasteiger charge is -2.37. The Morgan fingerprint density at radius 3 is 2.41 bits per heavy atom. The number of benzene rings is 2. The molecule has 3 aromatic rings. The van der Waals surface area contributed by atoms with Gasteiger partial charge < -0.3 is 15.1 Å². The molecule has 2 heterocycles. The maximum Gasteiger partial charge on any atom is 0.353 e. The van der Waals surface area contributed by atoms with Crippen molar-refractivity contribution in [1.29, 1.82) is 0 Å². The van der Waals surface area contributed by atoms with Gasteiger partial charge in [-0.2, -0.15) is 0 Å². The number of aromatic nitrogens is 2. The molecule has 0 radical (unpaired) electrons. The van der Waals surface area contributed by atoms with Crippen LogP contribution < -0.4 is 15.1 Å². The van der Waals surface area contributed by atoms with Crippen LogP contribution in [-0.4, -0.2) is 41.1 Å². The summed E-state index contributed by atoms with van der Waals surface area (Å²) in [6.45, 7) is 6.87. The van der Waals surface area contributed by atoms with E-state index in [-0.39, 0.29) is 22.3 Å². The molecule has 1 aliphatic heterocycles. The number of aryl methyl sites for hydroxylation is 1. The Morgan fingerprint density at radius 2 is 1.69 bits per heavy atom. The number of halogens is 2. The van der Waals surface area contributed by atoms with Crippen LogP contribution in [0.25, 0.3) is 0 Å². The second-order valence-corrected chi connectivity index (χ2v) is 8.36. The molecular weight excluding hydrogens is 451 g/mol. The Morgan fingerprint density at radius 1 is 1.00 bits per heavy atom. The molecule has 0 saturated carbocycles. The molecule has 1 N–H and O–H groups in total. The molecule has 32 heavy (non-hydrogen) atoms. The predicted molar refractivity (Wildman–Crippen MR) is 129 cm³/mol. The Hall–Kier alpha value is -3.10. The highest BCUT2D eigenvalue weighted by Crippen LogP contribution is 2.37. The summed E-state index contributed by atoms with van der Waals surface area (Å²) in [6, 6.07) is 11.3. The van der Waals surface area contributed by atoms with Gasteiger partial charge in [-0.1, -0.05) is 41.4 Å². The third-order valence-electron chi connectivity index (χ3n) is 5.69. The van der Waals surface area contributed by atoms with E-state index in [1.165, 1.54) is 23.1 Å². The van der Waals surface area contributed by atoms with Crippen molar-refractivity contribution in [2.75, 3.05) is 41.3 Å². The molecule has 8 nitrogen and oxygen atoms in total. The van der Waals surface area contributed by atoms with Crippen molar-refractivity contribution >= 4 is 51.9 Å². The van der Waals surface area contributed by atoms with Crippen LogP contribution in [0.1, 0.15) is 11.1 Å². The maximum atomic E-state index is 12.0. The Bertz CT molecular complexity index is 1170. The van der Waals surface area contributed by atoms with Gasteiger partial charge in [0.1, 0.15) is 6.33 Å². The topological polar surface area (TPSA) is 87.4 Å². The van der Waals surface area contributed by atoms with Gasteiger partial charge in [-0.15, -0.1) is 0 Å². The van der Waals surface area contributed by atoms with Crippen LogP contribution >= 0.6 is 23.2 Å². The van der Waals surface area contributed by atoms with Gasteiger partial charge in [0.25, 0.3) is 0 Å². The summed E-state index contributed by atoms with van der Waals surface area (Å²) < 4.78 is 0. The summed E-state index contributed by atoms with van der Waals surface area (Å²) in [4.78, 5) is 24.1. The van der Waals surface area contributed by atoms with E-state index >= 15 is 0 Å². The number of piperazine rings is 1. The number of anilines is 4. The molecule has 4 rings (SSSR count). The zero-order valence-electron chi connectivity index (χ0n) is 17.7. The van der Waals surface area contributed by atoms with Crippen LogP contribution in [0.4, 0.5) is 28.7 Å². The number of nitro groups is 1. The Kier molecular flexibility index (Phi) is 6.34. The van der Waals surface area contributed by atoms with E-state index in [0.29, 0.717) is 23.8 Å². The molecule has 2 aromatic carbocycles. The minimum atomic E-state index is -0.465. The number of nitrogens with one attached hydrogen (secondary N) is 1. The second kappa shape index (κ2) is 9.18. The third kappa shape index (κ3) is 4.28. The minimum absolute atomic E-state index is 0.0705. The van der Waals surface area contributed by atoms with Crippen LogP contribution in [0.2, 0.25) is 10.0 Å². The number of rotatable bonds is 5. The first-order chi connectivity index (χ1) is 15.4. The Labute approximate surface area is 195 Å². The fraction of sp³-hybridized carbons (Fsp3) is 0.273. The van der Waals surface area contributed by atoms with Crippen LogP contribution in [-0.2, 0) is 0 Å². The quantitative estimate of drug-likeness (QED) is 0.393. The van der Waals surface area contributed by atoms with Crippen molar-refractivity contribution in [3.05, 3.63) is 74.0 Å². The van der Waals surface area contributed by atoms with E-state index in [1.54, 1.807) is 18.2 Å². The maximum absolute atomic E-state index is 12.0. The zero-order valence-corrected chi connectivity index (χ0v) is 19.2. The van der Waals surface area contributed by atoms with Gasteiger partial charge >= 0.3 is 5.69 Å². The molecule has 1 aromatic heterocycles. The van der Waals surface area contributed by atoms with Gasteiger partial charge in [-0.05, 0) is 43.2 Å². The van der Waals surface area contributed by atoms with Crippen LogP contribution in [0.5, 0.6) is 0 Å². The summed E-state index contributed by atoms with van der Waals surface area (Å²) in [5.41, 5.74) is 3.93. The lowest BCUT2D eigenvalue weighted by Crippen LogP contribution is -2.47. The number of hydrogen-bond acceptors (Lipinski definition) is 7. The van der Waals surface area contributed by atoms with Crippen molar-refractivity contribution in [3.63, 3.8) is 0 Å². The fourth-order valence-corrected chi connectivity index (χ4v) is 4.17. The zero-order chi connectivity index (χ0) is 22.8. The number of nitrogens with zero attached hydrogens (tertiary/aromatic N) is 5. The third-order valence-corrected chi connectivity index (χ3v) is 6.51. The summed E-state index contributed by atoms with van der Waals surface area (Å²) >= 11 is 12.3. The molecule has 0 bridgehead atoms. The van der Waals surface area contributed by atoms with E-state index in [2.05, 4.69) is 52.2 Å². The molecule has 0 spiro atoms. The van der Waals surface area contributed by atoms with E-state index in [4.69, 9.17) is 23.2 Å². The lowest BCUT2D eigenvalue weighted by atomic mass is 10.1. The van der Waals surface area contributed by atoms with Crippen LogP contribution in [0, 0.1) is 24.0 Å². The van der Waals surface area contributed by atoms with Crippen molar-refractivity contribution < 1.29 is 4.92 Å². The van der Waals surface area contributed by atoms with Gasteiger partial charge in [0.2, 0.25) is 11.6 Å². The highest BCUT2D eigenvalue weighted by atomic mass is 35.5. The smallest absolute Gasteiger partial charge is 0.353 e. The van der Waals surface area contributed by atoms with Gasteiger partial charge in [-0.25, -0.2) is 9.97 Å². The van der Waals surface area contributed by atoms with Crippen molar-refractivity contribution in [2.24, 2.45) is 0 Å². The van der Waals surface area contributed by atoms with E-state index in [1.807, 2.05) is 4.90 Å². The molecular formula is C22H22Cl2N6O2. The molecule has 0 atom stereocenters. The fourth-order valence-electron chi connectivity index (χ4n) is 3.83. The van der Waals surface area contributed by atoms with Crippen molar-refractivity contribution in [1.82, 2.24) is 9.97 Å². The van der Waals surface area contributed by atoms with Gasteiger partial charge in [0.15, 0.2) is 0 Å². The van der Waals surface area contributed by atoms with Crippen molar-refractivity contribution in [3.8, 4) is 0 Å². The van der Waals surface area contributed by atoms with E-state index in [9.17, 15) is 10.1 Å². The van der Waals surface area contributed by atoms with Gasteiger partial charge in [0, 0.05) is 31.9 Å². The first-order valence-electron chi connectivity index (χ1n) is 10.1. The van der Waals surface area contributed by atoms with Crippen molar-refractivity contribution in [2.45, 2.75) is 13.8 Å². The lowest BCUT2D eigenvalue weighted by molar-refractivity contribution is -0.383. The molecule has 0 amide bonds. The molecule has 166 valence electrons. The summed E-state index contributed by atoms with van der Waals surface area (Å²) in [7, 11) is 0.